The van der Waals surface area contributed by atoms with Gasteiger partial charge in [0.1, 0.15) is 5.52 Å². The molecule has 0 amide bonds. The molecule has 0 aliphatic heterocycles. The molecule has 1 aromatic carbocycles. The molecule has 4 aromatic rings. The Kier molecular flexibility index (Phi) is 4.90. The number of fused-ring (bicyclic) bond motifs is 1. The van der Waals surface area contributed by atoms with Crippen LogP contribution in [0.25, 0.3) is 11.0 Å². The number of nitrogens with one attached hydrogen (secondary N) is 2. The number of aryl methyl sites for hydroxylation is 1. The second kappa shape index (κ2) is 7.67. The molecule has 4 rings (SSSR count). The van der Waals surface area contributed by atoms with Gasteiger partial charge in [0.15, 0.2) is 5.52 Å². The van der Waals surface area contributed by atoms with Gasteiger partial charge in [-0.3, -0.25) is 19.6 Å². The summed E-state index contributed by atoms with van der Waals surface area (Å²) in [5.74, 6) is 0.106. The number of aromatic amines is 1. The van der Waals surface area contributed by atoms with Crippen LogP contribution in [0.15, 0.2) is 64.6 Å². The molecule has 1 atom stereocenters. The molecular formula is C21H20N6O2. The van der Waals surface area contributed by atoms with Crippen LogP contribution >= 0.6 is 0 Å². The average molecular weight is 388 g/mol. The molecule has 0 saturated heterocycles. The number of H-pyrrole nitrogens is 1. The van der Waals surface area contributed by atoms with E-state index in [4.69, 9.17) is 0 Å². The Morgan fingerprint density at radius 1 is 1.10 bits per heavy atom. The molecule has 0 radical (unpaired) electrons. The molecule has 146 valence electrons. The molecule has 2 N–H and O–H groups in total. The van der Waals surface area contributed by atoms with E-state index in [0.29, 0.717) is 6.54 Å². The van der Waals surface area contributed by atoms with Gasteiger partial charge in [-0.1, -0.05) is 36.4 Å². The summed E-state index contributed by atoms with van der Waals surface area (Å²) >= 11 is 0. The standard InChI is InChI=1S/C21H20N6O2/c1-13-7-6-10-22-16(13)11-27-12-23-17-18(27)20(29)26-21(25-19(17)28)24-14(2)15-8-4-3-5-9-15/h3-10,12,14H,11H2,1-2H3,(H2,24,25,26,28,29). The van der Waals surface area contributed by atoms with Gasteiger partial charge in [-0.25, -0.2) is 4.98 Å². The van der Waals surface area contributed by atoms with Crippen LogP contribution in [0.4, 0.5) is 5.95 Å². The normalized spacial score (nSPS) is 12.1. The number of benzene rings is 1. The van der Waals surface area contributed by atoms with E-state index < -0.39 is 11.1 Å². The molecule has 0 spiro atoms. The van der Waals surface area contributed by atoms with E-state index in [9.17, 15) is 9.59 Å². The predicted octanol–water partition coefficient (Wildman–Crippen LogP) is 2.40. The zero-order valence-corrected chi connectivity index (χ0v) is 16.1. The number of hydrogen-bond acceptors (Lipinski definition) is 6. The number of nitrogens with zero attached hydrogens (tertiary/aromatic N) is 4. The summed E-state index contributed by atoms with van der Waals surface area (Å²) in [4.78, 5) is 40.7. The van der Waals surface area contributed by atoms with Crippen LogP contribution in [0.2, 0.25) is 0 Å². The first-order valence-corrected chi connectivity index (χ1v) is 9.24. The number of aromatic nitrogens is 5. The van der Waals surface area contributed by atoms with Crippen LogP contribution in [0.3, 0.4) is 0 Å². The van der Waals surface area contributed by atoms with E-state index in [1.54, 1.807) is 10.8 Å². The summed E-state index contributed by atoms with van der Waals surface area (Å²) in [6, 6.07) is 13.3. The van der Waals surface area contributed by atoms with E-state index in [-0.39, 0.29) is 23.0 Å². The fourth-order valence-electron chi connectivity index (χ4n) is 3.19. The monoisotopic (exact) mass is 388 g/mol. The van der Waals surface area contributed by atoms with Crippen molar-refractivity contribution in [2.45, 2.75) is 26.4 Å². The lowest BCUT2D eigenvalue weighted by atomic mass is 10.1. The minimum Gasteiger partial charge on any atom is -0.349 e. The van der Waals surface area contributed by atoms with Gasteiger partial charge in [0.25, 0.3) is 5.56 Å². The Balaban J connectivity index is 1.75. The molecule has 8 nitrogen and oxygen atoms in total. The smallest absolute Gasteiger partial charge is 0.301 e. The number of anilines is 1. The van der Waals surface area contributed by atoms with Gasteiger partial charge in [-0.05, 0) is 31.0 Å². The van der Waals surface area contributed by atoms with Crippen LogP contribution in [0.1, 0.15) is 29.8 Å². The highest BCUT2D eigenvalue weighted by Gasteiger charge is 2.14. The van der Waals surface area contributed by atoms with Crippen molar-refractivity contribution >= 4 is 17.0 Å². The molecule has 29 heavy (non-hydrogen) atoms. The van der Waals surface area contributed by atoms with E-state index in [1.165, 1.54) is 6.33 Å². The summed E-state index contributed by atoms with van der Waals surface area (Å²) in [6.07, 6.45) is 3.16. The first kappa shape index (κ1) is 18.5. The van der Waals surface area contributed by atoms with Gasteiger partial charge in [-0.2, -0.15) is 4.98 Å². The fourth-order valence-corrected chi connectivity index (χ4v) is 3.19. The van der Waals surface area contributed by atoms with E-state index in [1.807, 2.05) is 56.3 Å². The van der Waals surface area contributed by atoms with Gasteiger partial charge in [0.2, 0.25) is 5.95 Å². The summed E-state index contributed by atoms with van der Waals surface area (Å²) < 4.78 is 1.62. The molecule has 3 aromatic heterocycles. The highest BCUT2D eigenvalue weighted by atomic mass is 16.1. The van der Waals surface area contributed by atoms with Crippen LogP contribution in [-0.4, -0.2) is 24.5 Å². The molecule has 8 heteroatoms. The van der Waals surface area contributed by atoms with Gasteiger partial charge >= 0.3 is 5.56 Å². The van der Waals surface area contributed by atoms with Crippen molar-refractivity contribution in [2.75, 3.05) is 5.32 Å². The Hall–Kier alpha value is -3.81. The second-order valence-electron chi connectivity index (χ2n) is 6.83. The maximum atomic E-state index is 12.9. The van der Waals surface area contributed by atoms with Crippen molar-refractivity contribution in [3.8, 4) is 0 Å². The molecule has 0 fully saturated rings. The van der Waals surface area contributed by atoms with Crippen molar-refractivity contribution in [3.63, 3.8) is 0 Å². The van der Waals surface area contributed by atoms with Crippen LogP contribution in [0.5, 0.6) is 0 Å². The molecule has 0 saturated carbocycles. The lowest BCUT2D eigenvalue weighted by molar-refractivity contribution is 0.786. The summed E-state index contributed by atoms with van der Waals surface area (Å²) in [5, 5.41) is 3.09. The lowest BCUT2D eigenvalue weighted by Crippen LogP contribution is -2.14. The van der Waals surface area contributed by atoms with E-state index >= 15 is 0 Å². The van der Waals surface area contributed by atoms with Gasteiger partial charge in [0, 0.05) is 6.20 Å². The second-order valence-corrected chi connectivity index (χ2v) is 6.83. The third kappa shape index (κ3) is 3.77. The molecular weight excluding hydrogens is 368 g/mol. The maximum absolute atomic E-state index is 12.9. The molecule has 1 unspecified atom stereocenters. The van der Waals surface area contributed by atoms with Crippen LogP contribution < -0.4 is 16.4 Å². The van der Waals surface area contributed by atoms with Crippen molar-refractivity contribution < 1.29 is 0 Å². The first-order valence-electron chi connectivity index (χ1n) is 9.24. The van der Waals surface area contributed by atoms with Crippen molar-refractivity contribution in [1.82, 2.24) is 24.5 Å². The van der Waals surface area contributed by atoms with E-state index in [2.05, 4.69) is 25.3 Å². The molecule has 0 aliphatic carbocycles. The van der Waals surface area contributed by atoms with Crippen LogP contribution in [0, 0.1) is 6.92 Å². The third-order valence-corrected chi connectivity index (χ3v) is 4.79. The lowest BCUT2D eigenvalue weighted by Gasteiger charge is -2.13. The predicted molar refractivity (Wildman–Crippen MR) is 111 cm³/mol. The quantitative estimate of drug-likeness (QED) is 0.544. The maximum Gasteiger partial charge on any atom is 0.301 e. The van der Waals surface area contributed by atoms with Crippen molar-refractivity contribution in [1.29, 1.82) is 0 Å². The van der Waals surface area contributed by atoms with E-state index in [0.717, 1.165) is 16.8 Å². The highest BCUT2D eigenvalue weighted by molar-refractivity contribution is 5.73. The Bertz CT molecular complexity index is 1280. The first-order chi connectivity index (χ1) is 14.0. The Morgan fingerprint density at radius 2 is 1.90 bits per heavy atom. The minimum absolute atomic E-state index is 0.0280. The Labute approximate surface area is 166 Å². The van der Waals surface area contributed by atoms with Crippen molar-refractivity contribution in [2.24, 2.45) is 0 Å². The largest absolute Gasteiger partial charge is 0.349 e. The summed E-state index contributed by atoms with van der Waals surface area (Å²) in [6.45, 7) is 4.20. The summed E-state index contributed by atoms with van der Waals surface area (Å²) in [5.41, 5.74) is 1.99. The number of pyridine rings is 1. The molecule has 3 heterocycles. The molecule has 0 bridgehead atoms. The zero-order chi connectivity index (χ0) is 20.4. The highest BCUT2D eigenvalue weighted by Crippen LogP contribution is 2.15. The topological polar surface area (TPSA) is 106 Å². The van der Waals surface area contributed by atoms with Gasteiger partial charge in [-0.15, -0.1) is 0 Å². The minimum atomic E-state index is -0.572. The Morgan fingerprint density at radius 3 is 2.66 bits per heavy atom. The average Bonchev–Trinajstić information content (AvgIpc) is 3.09. The SMILES string of the molecule is Cc1cccnc1Cn1cnc2c(=O)nc(NC(C)c3ccccc3)[nH]c(=O)c21. The third-order valence-electron chi connectivity index (χ3n) is 4.79. The fraction of sp³-hybridized carbons (Fsp3) is 0.190. The van der Waals surface area contributed by atoms with Crippen molar-refractivity contribution in [3.05, 3.63) is 92.5 Å². The summed E-state index contributed by atoms with van der Waals surface area (Å²) in [7, 11) is 0. The van der Waals surface area contributed by atoms with Gasteiger partial charge < -0.3 is 9.88 Å². The zero-order valence-electron chi connectivity index (χ0n) is 16.1. The number of imidazole rings is 1. The molecule has 0 aliphatic rings. The van der Waals surface area contributed by atoms with Gasteiger partial charge in [0.05, 0.1) is 24.6 Å². The number of rotatable bonds is 5. The van der Waals surface area contributed by atoms with Crippen LogP contribution in [-0.2, 0) is 6.54 Å². The number of hydrogen-bond donors (Lipinski definition) is 2.